The number of carbonyl (C=O) groups is 1. The third kappa shape index (κ3) is 2.30. The van der Waals surface area contributed by atoms with Crippen LogP contribution in [-0.4, -0.2) is 22.2 Å². The summed E-state index contributed by atoms with van der Waals surface area (Å²) >= 11 is 0. The van der Waals surface area contributed by atoms with Gasteiger partial charge in [-0.25, -0.2) is 0 Å². The summed E-state index contributed by atoms with van der Waals surface area (Å²) in [6.07, 6.45) is 7.25. The van der Waals surface area contributed by atoms with Gasteiger partial charge in [-0.05, 0) is 31.0 Å². The first-order valence-corrected chi connectivity index (χ1v) is 6.15. The minimum Gasteiger partial charge on any atom is -0.467 e. The molecule has 0 radical (unpaired) electrons. The molecule has 1 amide bonds. The fourth-order valence-electron chi connectivity index (χ4n) is 1.96. The Bertz CT molecular complexity index is 466. The van der Waals surface area contributed by atoms with E-state index in [-0.39, 0.29) is 17.9 Å². The van der Waals surface area contributed by atoms with Gasteiger partial charge in [-0.15, -0.1) is 0 Å². The molecular weight excluding hydrogens is 230 g/mol. The van der Waals surface area contributed by atoms with Crippen molar-refractivity contribution in [2.75, 3.05) is 6.54 Å². The fraction of sp³-hybridized carbons (Fsp3) is 0.385. The van der Waals surface area contributed by atoms with E-state index in [1.165, 1.54) is 0 Å². The summed E-state index contributed by atoms with van der Waals surface area (Å²) < 4.78 is 7.21. The van der Waals surface area contributed by atoms with E-state index in [1.807, 2.05) is 24.4 Å². The maximum absolute atomic E-state index is 11.7. The van der Waals surface area contributed by atoms with Crippen LogP contribution in [0.3, 0.4) is 0 Å². The second-order valence-corrected chi connectivity index (χ2v) is 4.54. The smallest absolute Gasteiger partial charge is 0.223 e. The standard InChI is InChI=1S/C13H15N3O2/c17-13(10-4-5-10)14-9-11(12-3-1-8-18-12)16-7-2-6-15-16/h1-3,6-8,10-11H,4-5,9H2,(H,14,17). The molecule has 0 bridgehead atoms. The Balaban J connectivity index is 1.71. The Morgan fingerprint density at radius 2 is 2.44 bits per heavy atom. The molecule has 94 valence electrons. The minimum absolute atomic E-state index is 0.0855. The first-order chi connectivity index (χ1) is 8.84. The van der Waals surface area contributed by atoms with Gasteiger partial charge < -0.3 is 9.73 Å². The lowest BCUT2D eigenvalue weighted by Crippen LogP contribution is -2.32. The van der Waals surface area contributed by atoms with E-state index in [0.717, 1.165) is 18.6 Å². The number of nitrogens with one attached hydrogen (secondary N) is 1. The number of furan rings is 1. The van der Waals surface area contributed by atoms with Gasteiger partial charge >= 0.3 is 0 Å². The summed E-state index contributed by atoms with van der Waals surface area (Å²) in [5.41, 5.74) is 0. The van der Waals surface area contributed by atoms with Gasteiger partial charge in [0, 0.05) is 24.9 Å². The zero-order valence-corrected chi connectivity index (χ0v) is 9.95. The van der Waals surface area contributed by atoms with Gasteiger partial charge in [0.1, 0.15) is 11.8 Å². The van der Waals surface area contributed by atoms with E-state index < -0.39 is 0 Å². The molecule has 2 heterocycles. The molecule has 1 fully saturated rings. The molecule has 1 N–H and O–H groups in total. The van der Waals surface area contributed by atoms with Crippen LogP contribution in [0.25, 0.3) is 0 Å². The number of nitrogens with zero attached hydrogens (tertiary/aromatic N) is 2. The average molecular weight is 245 g/mol. The summed E-state index contributed by atoms with van der Waals surface area (Å²) in [4.78, 5) is 11.7. The molecule has 1 aliphatic carbocycles. The van der Waals surface area contributed by atoms with Gasteiger partial charge in [0.15, 0.2) is 0 Å². The SMILES string of the molecule is O=C(NCC(c1ccco1)n1cccn1)C1CC1. The normalized spacial score (nSPS) is 16.4. The van der Waals surface area contributed by atoms with E-state index in [2.05, 4.69) is 10.4 Å². The molecule has 0 spiro atoms. The molecule has 1 atom stereocenters. The van der Waals surface area contributed by atoms with E-state index in [0.29, 0.717) is 6.54 Å². The van der Waals surface area contributed by atoms with Crippen LogP contribution in [0.15, 0.2) is 41.3 Å². The molecule has 5 nitrogen and oxygen atoms in total. The molecule has 0 aromatic carbocycles. The van der Waals surface area contributed by atoms with Crippen LogP contribution < -0.4 is 5.32 Å². The topological polar surface area (TPSA) is 60.1 Å². The van der Waals surface area contributed by atoms with E-state index in [9.17, 15) is 4.79 Å². The van der Waals surface area contributed by atoms with E-state index in [1.54, 1.807) is 17.1 Å². The average Bonchev–Trinajstić information content (AvgIpc) is 2.89. The molecule has 18 heavy (non-hydrogen) atoms. The lowest BCUT2D eigenvalue weighted by Gasteiger charge is -2.16. The lowest BCUT2D eigenvalue weighted by atomic mass is 10.2. The predicted molar refractivity (Wildman–Crippen MR) is 64.8 cm³/mol. The second kappa shape index (κ2) is 4.68. The zero-order valence-electron chi connectivity index (χ0n) is 9.95. The Kier molecular flexibility index (Phi) is 2.88. The van der Waals surface area contributed by atoms with Crippen LogP contribution in [0.5, 0.6) is 0 Å². The first-order valence-electron chi connectivity index (χ1n) is 6.15. The van der Waals surface area contributed by atoms with Crippen molar-refractivity contribution in [3.05, 3.63) is 42.6 Å². The Morgan fingerprint density at radius 3 is 3.06 bits per heavy atom. The van der Waals surface area contributed by atoms with Gasteiger partial charge in [-0.3, -0.25) is 9.48 Å². The number of rotatable bonds is 5. The third-order valence-electron chi connectivity index (χ3n) is 3.13. The molecule has 0 aliphatic heterocycles. The Morgan fingerprint density at radius 1 is 1.56 bits per heavy atom. The lowest BCUT2D eigenvalue weighted by molar-refractivity contribution is -0.122. The molecule has 2 aromatic heterocycles. The van der Waals surface area contributed by atoms with Gasteiger partial charge in [-0.2, -0.15) is 5.10 Å². The van der Waals surface area contributed by atoms with Crippen LogP contribution in [0, 0.1) is 5.92 Å². The van der Waals surface area contributed by atoms with Crippen LogP contribution >= 0.6 is 0 Å². The van der Waals surface area contributed by atoms with Crippen LogP contribution in [-0.2, 0) is 4.79 Å². The van der Waals surface area contributed by atoms with Crippen LogP contribution in [0.1, 0.15) is 24.6 Å². The number of carbonyl (C=O) groups excluding carboxylic acids is 1. The molecular formula is C13H15N3O2. The largest absolute Gasteiger partial charge is 0.467 e. The maximum atomic E-state index is 11.7. The zero-order chi connectivity index (χ0) is 12.4. The number of aromatic nitrogens is 2. The first kappa shape index (κ1) is 11.1. The fourth-order valence-corrected chi connectivity index (χ4v) is 1.96. The van der Waals surface area contributed by atoms with E-state index in [4.69, 9.17) is 4.42 Å². The molecule has 3 rings (SSSR count). The molecule has 5 heteroatoms. The predicted octanol–water partition coefficient (Wildman–Crippen LogP) is 1.59. The van der Waals surface area contributed by atoms with Gasteiger partial charge in [0.2, 0.25) is 5.91 Å². The highest BCUT2D eigenvalue weighted by atomic mass is 16.3. The molecule has 0 saturated heterocycles. The van der Waals surface area contributed by atoms with Crippen molar-refractivity contribution in [1.82, 2.24) is 15.1 Å². The summed E-state index contributed by atoms with van der Waals surface area (Å²) in [6, 6.07) is 5.51. The second-order valence-electron chi connectivity index (χ2n) is 4.54. The van der Waals surface area contributed by atoms with Crippen molar-refractivity contribution in [2.45, 2.75) is 18.9 Å². The number of amides is 1. The quantitative estimate of drug-likeness (QED) is 0.870. The highest BCUT2D eigenvalue weighted by molar-refractivity contribution is 5.80. The number of hydrogen-bond acceptors (Lipinski definition) is 3. The monoisotopic (exact) mass is 245 g/mol. The summed E-state index contributed by atoms with van der Waals surface area (Å²) in [7, 11) is 0. The van der Waals surface area contributed by atoms with Crippen molar-refractivity contribution < 1.29 is 9.21 Å². The van der Waals surface area contributed by atoms with Crippen LogP contribution in [0.4, 0.5) is 0 Å². The van der Waals surface area contributed by atoms with Gasteiger partial charge in [-0.1, -0.05) is 0 Å². The van der Waals surface area contributed by atoms with Crippen molar-refractivity contribution >= 4 is 5.91 Å². The highest BCUT2D eigenvalue weighted by Gasteiger charge is 2.30. The molecule has 1 saturated carbocycles. The van der Waals surface area contributed by atoms with Gasteiger partial charge in [0.05, 0.1) is 6.26 Å². The van der Waals surface area contributed by atoms with E-state index >= 15 is 0 Å². The minimum atomic E-state index is -0.0855. The third-order valence-corrected chi connectivity index (χ3v) is 3.13. The Labute approximate surface area is 105 Å². The summed E-state index contributed by atoms with van der Waals surface area (Å²) in [5.74, 6) is 1.16. The van der Waals surface area contributed by atoms with Crippen molar-refractivity contribution in [3.63, 3.8) is 0 Å². The molecule has 1 unspecified atom stereocenters. The summed E-state index contributed by atoms with van der Waals surface area (Å²) in [5, 5.41) is 7.18. The van der Waals surface area contributed by atoms with Crippen molar-refractivity contribution in [1.29, 1.82) is 0 Å². The summed E-state index contributed by atoms with van der Waals surface area (Å²) in [6.45, 7) is 0.504. The number of hydrogen-bond donors (Lipinski definition) is 1. The maximum Gasteiger partial charge on any atom is 0.223 e. The van der Waals surface area contributed by atoms with Crippen LogP contribution in [0.2, 0.25) is 0 Å². The van der Waals surface area contributed by atoms with Crippen molar-refractivity contribution in [3.8, 4) is 0 Å². The highest BCUT2D eigenvalue weighted by Crippen LogP contribution is 2.29. The Hall–Kier alpha value is -2.04. The molecule has 1 aliphatic rings. The van der Waals surface area contributed by atoms with Crippen molar-refractivity contribution in [2.24, 2.45) is 5.92 Å². The molecule has 2 aromatic rings. The van der Waals surface area contributed by atoms with Gasteiger partial charge in [0.25, 0.3) is 0 Å².